The summed E-state index contributed by atoms with van der Waals surface area (Å²) >= 11 is 6.65. The van der Waals surface area contributed by atoms with Crippen molar-refractivity contribution in [2.75, 3.05) is 18.0 Å². The number of hydrogen-bond acceptors (Lipinski definition) is 4. The summed E-state index contributed by atoms with van der Waals surface area (Å²) in [5, 5.41) is 6.52. The quantitative estimate of drug-likeness (QED) is 0.298. The van der Waals surface area contributed by atoms with E-state index in [1.165, 1.54) is 47.9 Å². The fourth-order valence-corrected chi connectivity index (χ4v) is 6.32. The lowest BCUT2D eigenvalue weighted by Gasteiger charge is -2.47. The smallest absolute Gasteiger partial charge is 0.147 e. The van der Waals surface area contributed by atoms with Gasteiger partial charge in [0.05, 0.1) is 10.5 Å². The monoisotopic (exact) mass is 481 g/mol. The molecule has 0 amide bonds. The number of piperidine rings is 1. The predicted octanol–water partition coefficient (Wildman–Crippen LogP) is 7.80. The summed E-state index contributed by atoms with van der Waals surface area (Å²) in [5.41, 5.74) is 8.35. The molecule has 4 nitrogen and oxygen atoms in total. The zero-order valence-corrected chi connectivity index (χ0v) is 20.7. The number of halogens is 1. The number of aryl methyl sites for hydroxylation is 1. The first-order chi connectivity index (χ1) is 17.1. The van der Waals surface area contributed by atoms with Crippen LogP contribution in [0.1, 0.15) is 54.9 Å². The average molecular weight is 482 g/mol. The highest BCUT2D eigenvalue weighted by Gasteiger charge is 2.44. The normalized spacial score (nSPS) is 19.1. The third kappa shape index (κ3) is 3.58. The Bertz CT molecular complexity index is 1450. The minimum Gasteiger partial charge on any atom is -0.371 e. The summed E-state index contributed by atoms with van der Waals surface area (Å²) in [5.74, 6) is 1.58. The lowest BCUT2D eigenvalue weighted by atomic mass is 9.63. The molecule has 2 aromatic heterocycles. The molecule has 3 aliphatic rings. The van der Waals surface area contributed by atoms with Crippen molar-refractivity contribution in [3.8, 4) is 11.3 Å². The van der Waals surface area contributed by atoms with Crippen LogP contribution in [-0.4, -0.2) is 23.2 Å². The van der Waals surface area contributed by atoms with E-state index in [0.717, 1.165) is 52.6 Å². The van der Waals surface area contributed by atoms with Gasteiger partial charge in [0.25, 0.3) is 0 Å². The molecule has 0 radical (unpaired) electrons. The maximum absolute atomic E-state index is 6.65. The molecule has 1 aliphatic heterocycles. The molecule has 0 N–H and O–H groups in total. The number of hydrogen-bond donors (Lipinski definition) is 0. The highest BCUT2D eigenvalue weighted by atomic mass is 35.5. The molecule has 1 saturated carbocycles. The standard InChI is InChI=1S/C30H28ClN3O/c1-19-4-2-6-24(31)26(19)28-27(29(35-33-28)20-7-8-20)22-17-30(18-22)11-14-34(15-12-30)23-9-10-25-21(16-23)5-3-13-32-25/h2-6,9-10,13,16-17,20H,7-8,11-12,14-15,18H2,1H3. The van der Waals surface area contributed by atoms with E-state index in [2.05, 4.69) is 58.4 Å². The van der Waals surface area contributed by atoms with Crippen molar-refractivity contribution in [3.63, 3.8) is 0 Å². The van der Waals surface area contributed by atoms with Gasteiger partial charge in [0, 0.05) is 47.4 Å². The number of anilines is 1. The summed E-state index contributed by atoms with van der Waals surface area (Å²) in [6, 6.07) is 16.8. The zero-order valence-electron chi connectivity index (χ0n) is 19.9. The SMILES string of the molecule is Cc1cccc(Cl)c1-c1noc(C2CC2)c1C1=CC2(CCN(c3ccc4ncccc4c3)CC2)C1. The average Bonchev–Trinajstić information content (AvgIpc) is 3.62. The second-order valence-corrected chi connectivity index (χ2v) is 11.0. The third-order valence-electron chi connectivity index (χ3n) is 8.18. The van der Waals surface area contributed by atoms with E-state index in [4.69, 9.17) is 16.1 Å². The Kier molecular flexibility index (Phi) is 4.82. The van der Waals surface area contributed by atoms with Gasteiger partial charge < -0.3 is 9.42 Å². The Morgan fingerprint density at radius 1 is 1.03 bits per heavy atom. The first kappa shape index (κ1) is 21.2. The van der Waals surface area contributed by atoms with E-state index in [9.17, 15) is 0 Å². The van der Waals surface area contributed by atoms with Crippen molar-refractivity contribution in [2.24, 2.45) is 5.41 Å². The summed E-state index contributed by atoms with van der Waals surface area (Å²) in [6.07, 6.45) is 10.2. The Labute approximate surface area is 210 Å². The Hall–Kier alpha value is -3.11. The van der Waals surface area contributed by atoms with E-state index in [-0.39, 0.29) is 5.41 Å². The zero-order chi connectivity index (χ0) is 23.6. The molecule has 2 fully saturated rings. The molecule has 176 valence electrons. The molecule has 4 aromatic rings. The highest BCUT2D eigenvalue weighted by molar-refractivity contribution is 6.33. The molecule has 1 spiro atoms. The van der Waals surface area contributed by atoms with Gasteiger partial charge in [0.2, 0.25) is 0 Å². The number of rotatable bonds is 4. The molecule has 0 atom stereocenters. The van der Waals surface area contributed by atoms with Crippen LogP contribution >= 0.6 is 11.6 Å². The predicted molar refractivity (Wildman–Crippen MR) is 142 cm³/mol. The van der Waals surface area contributed by atoms with E-state index < -0.39 is 0 Å². The lowest BCUT2D eigenvalue weighted by molar-refractivity contribution is 0.277. The van der Waals surface area contributed by atoms with Crippen molar-refractivity contribution < 1.29 is 4.52 Å². The largest absolute Gasteiger partial charge is 0.371 e. The number of nitrogens with zero attached hydrogens (tertiary/aromatic N) is 3. The van der Waals surface area contributed by atoms with Crippen LogP contribution in [0.2, 0.25) is 5.02 Å². The Balaban J connectivity index is 1.16. The van der Waals surface area contributed by atoms with Crippen molar-refractivity contribution in [3.05, 3.63) is 82.7 Å². The number of aromatic nitrogens is 2. The molecular weight excluding hydrogens is 454 g/mol. The van der Waals surface area contributed by atoms with Crippen molar-refractivity contribution in [1.29, 1.82) is 0 Å². The summed E-state index contributed by atoms with van der Waals surface area (Å²) < 4.78 is 5.96. The first-order valence-electron chi connectivity index (χ1n) is 12.7. The lowest BCUT2D eigenvalue weighted by Crippen LogP contribution is -2.42. The van der Waals surface area contributed by atoms with Gasteiger partial charge in [-0.3, -0.25) is 4.98 Å². The van der Waals surface area contributed by atoms with Crippen LogP contribution in [0, 0.1) is 12.3 Å². The molecule has 7 rings (SSSR count). The van der Waals surface area contributed by atoms with Crippen LogP contribution in [-0.2, 0) is 0 Å². The Morgan fingerprint density at radius 2 is 1.86 bits per heavy atom. The van der Waals surface area contributed by atoms with Crippen LogP contribution in [0.3, 0.4) is 0 Å². The molecule has 1 saturated heterocycles. The molecule has 3 heterocycles. The Morgan fingerprint density at radius 3 is 2.63 bits per heavy atom. The van der Waals surface area contributed by atoms with Gasteiger partial charge in [0.15, 0.2) is 0 Å². The molecular formula is C30H28ClN3O. The summed E-state index contributed by atoms with van der Waals surface area (Å²) in [6.45, 7) is 4.25. The molecule has 0 unspecified atom stereocenters. The van der Waals surface area contributed by atoms with Crippen LogP contribution in [0.15, 0.2) is 65.3 Å². The van der Waals surface area contributed by atoms with E-state index >= 15 is 0 Å². The van der Waals surface area contributed by atoms with Gasteiger partial charge in [-0.2, -0.15) is 0 Å². The minimum atomic E-state index is 0.287. The second-order valence-electron chi connectivity index (χ2n) is 10.6. The topological polar surface area (TPSA) is 42.2 Å². The van der Waals surface area contributed by atoms with Crippen LogP contribution in [0.4, 0.5) is 5.69 Å². The van der Waals surface area contributed by atoms with Gasteiger partial charge in [-0.25, -0.2) is 0 Å². The second kappa shape index (κ2) is 7.96. The van der Waals surface area contributed by atoms with E-state index in [0.29, 0.717) is 5.92 Å². The molecule has 5 heteroatoms. The van der Waals surface area contributed by atoms with Gasteiger partial charge in [0.1, 0.15) is 11.5 Å². The minimum absolute atomic E-state index is 0.287. The van der Waals surface area contributed by atoms with Gasteiger partial charge >= 0.3 is 0 Å². The number of pyridine rings is 1. The number of allylic oxidation sites excluding steroid dienone is 2. The molecule has 0 bridgehead atoms. The van der Waals surface area contributed by atoms with E-state index in [1.54, 1.807) is 0 Å². The summed E-state index contributed by atoms with van der Waals surface area (Å²) in [4.78, 5) is 6.99. The molecule has 2 aromatic carbocycles. The number of benzene rings is 2. The molecule has 35 heavy (non-hydrogen) atoms. The third-order valence-corrected chi connectivity index (χ3v) is 8.50. The maximum Gasteiger partial charge on any atom is 0.147 e. The fourth-order valence-electron chi connectivity index (χ4n) is 6.01. The van der Waals surface area contributed by atoms with Crippen molar-refractivity contribution in [1.82, 2.24) is 10.1 Å². The van der Waals surface area contributed by atoms with Gasteiger partial charge in [-0.05, 0) is 85.9 Å². The van der Waals surface area contributed by atoms with Crippen LogP contribution in [0.25, 0.3) is 27.7 Å². The van der Waals surface area contributed by atoms with Gasteiger partial charge in [-0.15, -0.1) is 0 Å². The van der Waals surface area contributed by atoms with Gasteiger partial charge in [-0.1, -0.05) is 41.0 Å². The van der Waals surface area contributed by atoms with Crippen molar-refractivity contribution >= 4 is 33.8 Å². The number of fused-ring (bicyclic) bond motifs is 1. The van der Waals surface area contributed by atoms with Crippen LogP contribution in [0.5, 0.6) is 0 Å². The molecule has 2 aliphatic carbocycles. The first-order valence-corrected chi connectivity index (χ1v) is 13.0. The van der Waals surface area contributed by atoms with Crippen LogP contribution < -0.4 is 4.90 Å². The summed E-state index contributed by atoms with van der Waals surface area (Å²) in [7, 11) is 0. The van der Waals surface area contributed by atoms with E-state index in [1.807, 2.05) is 24.4 Å². The maximum atomic E-state index is 6.65. The highest BCUT2D eigenvalue weighted by Crippen LogP contribution is 2.56. The fraction of sp³-hybridized carbons (Fsp3) is 0.333. The van der Waals surface area contributed by atoms with Crippen molar-refractivity contribution in [2.45, 2.75) is 44.9 Å².